The summed E-state index contributed by atoms with van der Waals surface area (Å²) in [6, 6.07) is 10.3. The Hall–Kier alpha value is -2.24. The lowest BCUT2D eigenvalue weighted by atomic mass is 9.97. The maximum Gasteiger partial charge on any atom is 0.410 e. The molecule has 1 heterocycles. The number of aliphatic imine (C=N–C) groups is 1. The minimum Gasteiger partial charge on any atom is -0.444 e. The standard InChI is InChI=1S/C20H32N4O2/c1-20(2,3)26-19(25)24-12-10-17(11-13-24)15-23-18(21-4)22-14-16-8-6-5-7-9-16/h5-9,17H,10-15H2,1-4H3,(H2,21,22,23). The van der Waals surface area contributed by atoms with Crippen molar-refractivity contribution >= 4 is 12.1 Å². The summed E-state index contributed by atoms with van der Waals surface area (Å²) in [6.07, 6.45) is 1.74. The predicted octanol–water partition coefficient (Wildman–Crippen LogP) is 3.00. The van der Waals surface area contributed by atoms with E-state index < -0.39 is 5.60 Å². The zero-order valence-electron chi connectivity index (χ0n) is 16.4. The van der Waals surface area contributed by atoms with Crippen LogP contribution in [0.3, 0.4) is 0 Å². The highest BCUT2D eigenvalue weighted by Crippen LogP contribution is 2.19. The lowest BCUT2D eigenvalue weighted by molar-refractivity contribution is 0.0185. The number of guanidine groups is 1. The number of likely N-dealkylation sites (tertiary alicyclic amines) is 1. The molecule has 0 atom stereocenters. The number of carbonyl (C=O) groups is 1. The molecule has 0 saturated carbocycles. The fourth-order valence-corrected chi connectivity index (χ4v) is 2.89. The van der Waals surface area contributed by atoms with E-state index in [0.717, 1.165) is 45.0 Å². The second-order valence-electron chi connectivity index (χ2n) is 7.70. The minimum atomic E-state index is -0.438. The van der Waals surface area contributed by atoms with Crippen molar-refractivity contribution < 1.29 is 9.53 Å². The molecule has 1 fully saturated rings. The molecule has 144 valence electrons. The van der Waals surface area contributed by atoms with Crippen LogP contribution in [0.4, 0.5) is 4.79 Å². The monoisotopic (exact) mass is 360 g/mol. The van der Waals surface area contributed by atoms with E-state index in [0.29, 0.717) is 5.92 Å². The van der Waals surface area contributed by atoms with Crippen molar-refractivity contribution in [3.8, 4) is 0 Å². The zero-order valence-corrected chi connectivity index (χ0v) is 16.4. The Bertz CT molecular complexity index is 588. The van der Waals surface area contributed by atoms with Gasteiger partial charge < -0.3 is 20.3 Å². The average molecular weight is 361 g/mol. The number of hydrogen-bond donors (Lipinski definition) is 2. The van der Waals surface area contributed by atoms with Gasteiger partial charge in [0.25, 0.3) is 0 Å². The Morgan fingerprint density at radius 2 is 1.85 bits per heavy atom. The van der Waals surface area contributed by atoms with Crippen LogP contribution in [0, 0.1) is 5.92 Å². The number of hydrogen-bond acceptors (Lipinski definition) is 3. The molecule has 0 unspecified atom stereocenters. The second kappa shape index (κ2) is 9.46. The average Bonchev–Trinajstić information content (AvgIpc) is 2.62. The molecule has 1 aliphatic rings. The molecule has 1 aromatic carbocycles. The first kappa shape index (κ1) is 20.1. The van der Waals surface area contributed by atoms with Gasteiger partial charge in [0.05, 0.1) is 0 Å². The van der Waals surface area contributed by atoms with E-state index >= 15 is 0 Å². The second-order valence-corrected chi connectivity index (χ2v) is 7.70. The first-order valence-electron chi connectivity index (χ1n) is 9.34. The highest BCUT2D eigenvalue weighted by Gasteiger charge is 2.26. The number of amides is 1. The number of rotatable bonds is 4. The van der Waals surface area contributed by atoms with Crippen molar-refractivity contribution in [3.63, 3.8) is 0 Å². The van der Waals surface area contributed by atoms with Gasteiger partial charge in [0.1, 0.15) is 5.60 Å². The van der Waals surface area contributed by atoms with Crippen LogP contribution >= 0.6 is 0 Å². The number of carbonyl (C=O) groups excluding carboxylic acids is 1. The van der Waals surface area contributed by atoms with Crippen molar-refractivity contribution in [1.82, 2.24) is 15.5 Å². The summed E-state index contributed by atoms with van der Waals surface area (Å²) < 4.78 is 5.44. The highest BCUT2D eigenvalue weighted by molar-refractivity contribution is 5.79. The van der Waals surface area contributed by atoms with E-state index in [9.17, 15) is 4.79 Å². The molecule has 26 heavy (non-hydrogen) atoms. The number of ether oxygens (including phenoxy) is 1. The van der Waals surface area contributed by atoms with Gasteiger partial charge in [0, 0.05) is 33.2 Å². The van der Waals surface area contributed by atoms with Crippen LogP contribution in [0.1, 0.15) is 39.2 Å². The van der Waals surface area contributed by atoms with E-state index in [1.54, 1.807) is 7.05 Å². The summed E-state index contributed by atoms with van der Waals surface area (Å²) in [5, 5.41) is 6.73. The van der Waals surface area contributed by atoms with Crippen molar-refractivity contribution in [2.75, 3.05) is 26.7 Å². The third kappa shape index (κ3) is 6.94. The largest absolute Gasteiger partial charge is 0.444 e. The van der Waals surface area contributed by atoms with E-state index in [-0.39, 0.29) is 6.09 Å². The van der Waals surface area contributed by atoms with Crippen molar-refractivity contribution in [2.24, 2.45) is 10.9 Å². The molecule has 0 radical (unpaired) electrons. The molecular formula is C20H32N4O2. The Kier molecular flexibility index (Phi) is 7.30. The first-order chi connectivity index (χ1) is 12.4. The Morgan fingerprint density at radius 1 is 1.19 bits per heavy atom. The fourth-order valence-electron chi connectivity index (χ4n) is 2.89. The molecule has 0 bridgehead atoms. The van der Waals surface area contributed by atoms with Crippen LogP contribution in [0.5, 0.6) is 0 Å². The third-order valence-corrected chi connectivity index (χ3v) is 4.35. The molecule has 2 rings (SSSR count). The molecule has 6 heteroatoms. The summed E-state index contributed by atoms with van der Waals surface area (Å²) in [5.74, 6) is 1.34. The Morgan fingerprint density at radius 3 is 2.42 bits per heavy atom. The topological polar surface area (TPSA) is 66.0 Å². The quantitative estimate of drug-likeness (QED) is 0.640. The third-order valence-electron chi connectivity index (χ3n) is 4.35. The normalized spacial score (nSPS) is 16.3. The van der Waals surface area contributed by atoms with Crippen molar-refractivity contribution in [1.29, 1.82) is 0 Å². The molecular weight excluding hydrogens is 328 g/mol. The molecule has 6 nitrogen and oxygen atoms in total. The Labute approximate surface area is 157 Å². The van der Waals surface area contributed by atoms with E-state index in [2.05, 4.69) is 27.8 Å². The number of piperidine rings is 1. The molecule has 1 aromatic rings. The highest BCUT2D eigenvalue weighted by atomic mass is 16.6. The van der Waals surface area contributed by atoms with Gasteiger partial charge in [-0.2, -0.15) is 0 Å². The summed E-state index contributed by atoms with van der Waals surface area (Å²) >= 11 is 0. The van der Waals surface area contributed by atoms with Crippen molar-refractivity contribution in [2.45, 2.75) is 45.8 Å². The molecule has 0 aromatic heterocycles. The minimum absolute atomic E-state index is 0.204. The molecule has 0 aliphatic carbocycles. The van der Waals surface area contributed by atoms with Crippen LogP contribution in [0.15, 0.2) is 35.3 Å². The van der Waals surface area contributed by atoms with Gasteiger partial charge in [-0.1, -0.05) is 30.3 Å². The van der Waals surface area contributed by atoms with Crippen molar-refractivity contribution in [3.05, 3.63) is 35.9 Å². The van der Waals surface area contributed by atoms with Gasteiger partial charge in [-0.3, -0.25) is 4.99 Å². The van der Waals surface area contributed by atoms with Gasteiger partial charge in [0.15, 0.2) is 5.96 Å². The SMILES string of the molecule is CN=C(NCc1ccccc1)NCC1CCN(C(=O)OC(C)(C)C)CC1. The van der Waals surface area contributed by atoms with Gasteiger partial charge in [-0.25, -0.2) is 4.79 Å². The Balaban J connectivity index is 1.69. The van der Waals surface area contributed by atoms with Gasteiger partial charge >= 0.3 is 6.09 Å². The number of nitrogens with one attached hydrogen (secondary N) is 2. The molecule has 1 saturated heterocycles. The fraction of sp³-hybridized carbons (Fsp3) is 0.600. The van der Waals surface area contributed by atoms with Crippen LogP contribution in [-0.2, 0) is 11.3 Å². The van der Waals surface area contributed by atoms with Gasteiger partial charge in [0.2, 0.25) is 0 Å². The van der Waals surface area contributed by atoms with Crippen LogP contribution in [0.2, 0.25) is 0 Å². The summed E-state index contributed by atoms with van der Waals surface area (Å²) in [5.41, 5.74) is 0.785. The summed E-state index contributed by atoms with van der Waals surface area (Å²) in [6.45, 7) is 8.80. The number of nitrogens with zero attached hydrogens (tertiary/aromatic N) is 2. The zero-order chi connectivity index (χ0) is 19.0. The lowest BCUT2D eigenvalue weighted by Crippen LogP contribution is -2.45. The molecule has 1 aliphatic heterocycles. The summed E-state index contributed by atoms with van der Waals surface area (Å²) in [7, 11) is 1.78. The molecule has 0 spiro atoms. The van der Waals surface area contributed by atoms with E-state index in [4.69, 9.17) is 4.74 Å². The molecule has 1 amide bonds. The van der Waals surface area contributed by atoms with Crippen LogP contribution < -0.4 is 10.6 Å². The maximum atomic E-state index is 12.1. The number of benzene rings is 1. The van der Waals surface area contributed by atoms with E-state index in [1.807, 2.05) is 43.9 Å². The lowest BCUT2D eigenvalue weighted by Gasteiger charge is -2.33. The molecule has 2 N–H and O–H groups in total. The maximum absolute atomic E-state index is 12.1. The smallest absolute Gasteiger partial charge is 0.410 e. The summed E-state index contributed by atoms with van der Waals surface area (Å²) in [4.78, 5) is 18.2. The van der Waals surface area contributed by atoms with E-state index in [1.165, 1.54) is 5.56 Å². The predicted molar refractivity (Wildman–Crippen MR) is 105 cm³/mol. The van der Waals surface area contributed by atoms with Gasteiger partial charge in [-0.15, -0.1) is 0 Å². The first-order valence-corrected chi connectivity index (χ1v) is 9.34. The van der Waals surface area contributed by atoms with Gasteiger partial charge in [-0.05, 0) is 45.1 Å². The van der Waals surface area contributed by atoms with Crippen LogP contribution in [0.25, 0.3) is 0 Å². The van der Waals surface area contributed by atoms with Crippen LogP contribution in [-0.4, -0.2) is 49.2 Å².